The van der Waals surface area contributed by atoms with Crippen molar-refractivity contribution in [3.8, 4) is 21.9 Å². The van der Waals surface area contributed by atoms with Gasteiger partial charge in [-0.25, -0.2) is 0 Å². The lowest BCUT2D eigenvalue weighted by Crippen LogP contribution is -2.09. The van der Waals surface area contributed by atoms with Crippen molar-refractivity contribution in [3.63, 3.8) is 0 Å². The van der Waals surface area contributed by atoms with Gasteiger partial charge in [-0.2, -0.15) is 0 Å². The Bertz CT molecular complexity index is 858. The van der Waals surface area contributed by atoms with E-state index in [1.165, 1.54) is 11.3 Å². The summed E-state index contributed by atoms with van der Waals surface area (Å²) in [5.41, 5.74) is 1.80. The molecule has 2 aromatic carbocycles. The van der Waals surface area contributed by atoms with Crippen LogP contribution >= 0.6 is 11.3 Å². The second kappa shape index (κ2) is 5.78. The molecule has 0 spiro atoms. The van der Waals surface area contributed by atoms with Crippen molar-refractivity contribution in [1.82, 2.24) is 0 Å². The third-order valence-electron chi connectivity index (χ3n) is 3.52. The van der Waals surface area contributed by atoms with Gasteiger partial charge in [0.05, 0.1) is 4.88 Å². The highest BCUT2D eigenvalue weighted by molar-refractivity contribution is 7.17. The van der Waals surface area contributed by atoms with E-state index < -0.39 is 0 Å². The van der Waals surface area contributed by atoms with Gasteiger partial charge in [0.15, 0.2) is 11.5 Å². The Balaban J connectivity index is 1.52. The number of hydrogen-bond acceptors (Lipinski definition) is 4. The Kier molecular flexibility index (Phi) is 3.48. The van der Waals surface area contributed by atoms with Crippen molar-refractivity contribution in [3.05, 3.63) is 65.5 Å². The van der Waals surface area contributed by atoms with Crippen molar-refractivity contribution >= 4 is 22.9 Å². The molecular formula is C18H13NO3S. The number of rotatable bonds is 3. The Morgan fingerprint density at radius 2 is 1.78 bits per heavy atom. The number of fused-ring (bicyclic) bond motifs is 1. The smallest absolute Gasteiger partial charge is 0.265 e. The van der Waals surface area contributed by atoms with E-state index in [0.717, 1.165) is 10.4 Å². The number of anilines is 1. The quantitative estimate of drug-likeness (QED) is 0.777. The zero-order valence-electron chi connectivity index (χ0n) is 12.1. The number of benzene rings is 2. The average molecular weight is 323 g/mol. The minimum Gasteiger partial charge on any atom is -0.454 e. The maximum Gasteiger partial charge on any atom is 0.265 e. The maximum atomic E-state index is 12.4. The van der Waals surface area contributed by atoms with E-state index in [4.69, 9.17) is 9.47 Å². The minimum atomic E-state index is -0.129. The number of carbonyl (C=O) groups is 1. The number of carbonyl (C=O) groups excluding carboxylic acids is 1. The third kappa shape index (κ3) is 2.78. The summed E-state index contributed by atoms with van der Waals surface area (Å²) >= 11 is 1.47. The van der Waals surface area contributed by atoms with Gasteiger partial charge in [0.2, 0.25) is 6.79 Å². The van der Waals surface area contributed by atoms with Crippen LogP contribution in [0.2, 0.25) is 0 Å². The molecule has 0 saturated carbocycles. The molecule has 0 atom stereocenters. The topological polar surface area (TPSA) is 47.6 Å². The van der Waals surface area contributed by atoms with Crippen LogP contribution in [0.5, 0.6) is 11.5 Å². The van der Waals surface area contributed by atoms with Gasteiger partial charge in [-0.15, -0.1) is 11.3 Å². The second-order valence-electron chi connectivity index (χ2n) is 5.05. The number of nitrogens with one attached hydrogen (secondary N) is 1. The molecule has 5 heteroatoms. The molecule has 23 heavy (non-hydrogen) atoms. The molecule has 1 amide bonds. The Morgan fingerprint density at radius 1 is 0.957 bits per heavy atom. The molecule has 1 aliphatic rings. The fourth-order valence-corrected chi connectivity index (χ4v) is 3.29. The summed E-state index contributed by atoms with van der Waals surface area (Å²) < 4.78 is 10.6. The predicted molar refractivity (Wildman–Crippen MR) is 90.3 cm³/mol. The van der Waals surface area contributed by atoms with Gasteiger partial charge in [-0.3, -0.25) is 4.79 Å². The largest absolute Gasteiger partial charge is 0.454 e. The van der Waals surface area contributed by atoms with Crippen LogP contribution in [0.1, 0.15) is 9.67 Å². The lowest BCUT2D eigenvalue weighted by Gasteiger charge is -2.04. The zero-order chi connectivity index (χ0) is 15.6. The van der Waals surface area contributed by atoms with Gasteiger partial charge >= 0.3 is 0 Å². The first-order chi connectivity index (χ1) is 11.3. The van der Waals surface area contributed by atoms with E-state index in [2.05, 4.69) is 5.32 Å². The molecule has 114 valence electrons. The Morgan fingerprint density at radius 3 is 2.65 bits per heavy atom. The molecule has 0 saturated heterocycles. The summed E-state index contributed by atoms with van der Waals surface area (Å²) in [4.78, 5) is 14.1. The first kappa shape index (κ1) is 13.8. The Hall–Kier alpha value is -2.79. The normalized spacial score (nSPS) is 12.2. The summed E-state index contributed by atoms with van der Waals surface area (Å²) in [6, 6.07) is 19.2. The molecule has 0 fully saturated rings. The number of thiophene rings is 1. The molecular weight excluding hydrogens is 310 g/mol. The standard InChI is InChI=1S/C18H13NO3S/c20-18(19-13-6-7-14-15(10-13)22-11-21-14)17-9-8-16(23-17)12-4-2-1-3-5-12/h1-10H,11H2,(H,19,20). The fraction of sp³-hybridized carbons (Fsp3) is 0.0556. The first-order valence-electron chi connectivity index (χ1n) is 7.16. The zero-order valence-corrected chi connectivity index (χ0v) is 12.9. The molecule has 0 bridgehead atoms. The van der Waals surface area contributed by atoms with Crippen molar-refractivity contribution in [2.75, 3.05) is 12.1 Å². The van der Waals surface area contributed by atoms with Gasteiger partial charge in [-0.1, -0.05) is 30.3 Å². The van der Waals surface area contributed by atoms with Gasteiger partial charge < -0.3 is 14.8 Å². The van der Waals surface area contributed by atoms with Gasteiger partial charge in [-0.05, 0) is 29.8 Å². The van der Waals surface area contributed by atoms with E-state index >= 15 is 0 Å². The second-order valence-corrected chi connectivity index (χ2v) is 6.14. The van der Waals surface area contributed by atoms with E-state index in [1.54, 1.807) is 18.2 Å². The molecule has 4 nitrogen and oxygen atoms in total. The van der Waals surface area contributed by atoms with Crippen LogP contribution in [0.3, 0.4) is 0 Å². The molecule has 0 aliphatic carbocycles. The lowest BCUT2D eigenvalue weighted by molar-refractivity contribution is 0.103. The van der Waals surface area contributed by atoms with Crippen LogP contribution in [-0.2, 0) is 0 Å². The highest BCUT2D eigenvalue weighted by atomic mass is 32.1. The molecule has 0 unspecified atom stereocenters. The fourth-order valence-electron chi connectivity index (χ4n) is 2.38. The van der Waals surface area contributed by atoms with E-state index in [-0.39, 0.29) is 12.7 Å². The van der Waals surface area contributed by atoms with Gasteiger partial charge in [0.25, 0.3) is 5.91 Å². The third-order valence-corrected chi connectivity index (χ3v) is 4.65. The molecule has 0 radical (unpaired) electrons. The maximum absolute atomic E-state index is 12.4. The van der Waals surface area contributed by atoms with E-state index in [9.17, 15) is 4.79 Å². The summed E-state index contributed by atoms with van der Waals surface area (Å²) in [7, 11) is 0. The minimum absolute atomic E-state index is 0.129. The van der Waals surface area contributed by atoms with Crippen molar-refractivity contribution < 1.29 is 14.3 Å². The SMILES string of the molecule is O=C(Nc1ccc2c(c1)OCO2)c1ccc(-c2ccccc2)s1. The lowest BCUT2D eigenvalue weighted by atomic mass is 10.2. The van der Waals surface area contributed by atoms with Crippen molar-refractivity contribution in [2.45, 2.75) is 0 Å². The summed E-state index contributed by atoms with van der Waals surface area (Å²) in [6.07, 6.45) is 0. The number of hydrogen-bond donors (Lipinski definition) is 1. The van der Waals surface area contributed by atoms with Crippen LogP contribution < -0.4 is 14.8 Å². The molecule has 1 N–H and O–H groups in total. The first-order valence-corrected chi connectivity index (χ1v) is 7.97. The summed E-state index contributed by atoms with van der Waals surface area (Å²) in [6.45, 7) is 0.220. The molecule has 1 aliphatic heterocycles. The monoisotopic (exact) mass is 323 g/mol. The van der Waals surface area contributed by atoms with Crippen molar-refractivity contribution in [2.24, 2.45) is 0 Å². The van der Waals surface area contributed by atoms with Crippen LogP contribution in [0.4, 0.5) is 5.69 Å². The van der Waals surface area contributed by atoms with Crippen molar-refractivity contribution in [1.29, 1.82) is 0 Å². The van der Waals surface area contributed by atoms with Gasteiger partial charge in [0, 0.05) is 16.6 Å². The molecule has 2 heterocycles. The number of ether oxygens (including phenoxy) is 2. The number of amides is 1. The summed E-state index contributed by atoms with van der Waals surface area (Å²) in [5, 5.41) is 2.89. The van der Waals surface area contributed by atoms with Crippen LogP contribution in [0, 0.1) is 0 Å². The van der Waals surface area contributed by atoms with E-state index in [1.807, 2.05) is 42.5 Å². The highest BCUT2D eigenvalue weighted by Gasteiger charge is 2.15. The van der Waals surface area contributed by atoms with Crippen LogP contribution in [0.15, 0.2) is 60.7 Å². The van der Waals surface area contributed by atoms with E-state index in [0.29, 0.717) is 22.1 Å². The molecule has 1 aromatic heterocycles. The van der Waals surface area contributed by atoms with Crippen LogP contribution in [0.25, 0.3) is 10.4 Å². The predicted octanol–water partition coefficient (Wildman–Crippen LogP) is 4.40. The van der Waals surface area contributed by atoms with Crippen LogP contribution in [-0.4, -0.2) is 12.7 Å². The molecule has 4 rings (SSSR count). The summed E-state index contributed by atoms with van der Waals surface area (Å²) in [5.74, 6) is 1.22. The Labute approximate surface area is 137 Å². The average Bonchev–Trinajstić information content (AvgIpc) is 3.24. The van der Waals surface area contributed by atoms with Gasteiger partial charge in [0.1, 0.15) is 0 Å². The molecule has 3 aromatic rings. The highest BCUT2D eigenvalue weighted by Crippen LogP contribution is 2.34.